The summed E-state index contributed by atoms with van der Waals surface area (Å²) in [6, 6.07) is 0. The molecule has 0 nitrogen and oxygen atoms in total. The van der Waals surface area contributed by atoms with E-state index in [1.807, 2.05) is 0 Å². The molecule has 0 aliphatic carbocycles. The van der Waals surface area contributed by atoms with Crippen LogP contribution in [0.5, 0.6) is 0 Å². The monoisotopic (exact) mass is 136 g/mol. The Labute approximate surface area is 41.2 Å². The van der Waals surface area contributed by atoms with Gasteiger partial charge in [0, 0.05) is 0 Å². The molecule has 0 unspecified atom stereocenters. The van der Waals surface area contributed by atoms with Crippen LogP contribution in [0.4, 0.5) is 13.2 Å². The van der Waals surface area contributed by atoms with Gasteiger partial charge in [0.25, 0.3) is 0 Å². The van der Waals surface area contributed by atoms with Crippen LogP contribution in [-0.4, -0.2) is 5.51 Å². The van der Waals surface area contributed by atoms with Gasteiger partial charge in [0.15, 0.2) is 0 Å². The molecule has 0 aliphatic rings. The van der Waals surface area contributed by atoms with Crippen molar-refractivity contribution in [1.82, 2.24) is 0 Å². The number of halogens is 4. The largest absolute Gasteiger partial charge is 0.456 e. The SMILES string of the molecule is FC(F)(F)SCl. The number of rotatable bonds is 0. The minimum Gasteiger partial charge on any atom is -0.159 e. The van der Waals surface area contributed by atoms with Crippen LogP contribution in [0.25, 0.3) is 0 Å². The van der Waals surface area contributed by atoms with Crippen LogP contribution < -0.4 is 0 Å². The van der Waals surface area contributed by atoms with Crippen molar-refractivity contribution in [2.24, 2.45) is 0 Å². The predicted molar refractivity (Wildman–Crippen MR) is 19.5 cm³/mol. The average molecular weight is 137 g/mol. The maximum absolute atomic E-state index is 10.6. The molecule has 0 heterocycles. The standard InChI is InChI=1S/CClF3S/c2-6-1(3,4)5. The Morgan fingerprint density at radius 2 is 1.50 bits per heavy atom. The summed E-state index contributed by atoms with van der Waals surface area (Å²) >= 11 is 0. The third-order valence-electron chi connectivity index (χ3n) is 0.0875. The first kappa shape index (κ1) is 6.43. The summed E-state index contributed by atoms with van der Waals surface area (Å²) in [5.74, 6) is 0. The molecule has 0 radical (unpaired) electrons. The summed E-state index contributed by atoms with van der Waals surface area (Å²) in [6.45, 7) is 0. The molecule has 0 aromatic carbocycles. The van der Waals surface area contributed by atoms with E-state index in [4.69, 9.17) is 0 Å². The molecule has 0 spiro atoms. The zero-order chi connectivity index (χ0) is 5.21. The van der Waals surface area contributed by atoms with E-state index in [0.29, 0.717) is 0 Å². The Morgan fingerprint density at radius 3 is 1.50 bits per heavy atom. The summed E-state index contributed by atoms with van der Waals surface area (Å²) in [4.78, 5) is 0. The van der Waals surface area contributed by atoms with Crippen molar-refractivity contribution in [3.63, 3.8) is 0 Å². The van der Waals surface area contributed by atoms with Crippen molar-refractivity contribution >= 4 is 21.7 Å². The fourth-order valence-electron chi connectivity index (χ4n) is 0. The Kier molecular flexibility index (Phi) is 2.07. The fraction of sp³-hybridized carbons (Fsp3) is 1.00. The fourth-order valence-corrected chi connectivity index (χ4v) is 0. The zero-order valence-corrected chi connectivity index (χ0v) is 3.99. The predicted octanol–water partition coefficient (Wildman–Crippen LogP) is 2.39. The van der Waals surface area contributed by atoms with Crippen molar-refractivity contribution in [1.29, 1.82) is 0 Å². The van der Waals surface area contributed by atoms with Crippen molar-refractivity contribution in [2.45, 2.75) is 5.51 Å². The third kappa shape index (κ3) is 4.43. The lowest BCUT2D eigenvalue weighted by molar-refractivity contribution is -0.0313. The van der Waals surface area contributed by atoms with E-state index in [1.54, 1.807) is 0 Å². The molecule has 0 aliphatic heterocycles. The maximum atomic E-state index is 10.6. The van der Waals surface area contributed by atoms with E-state index in [0.717, 1.165) is 0 Å². The minimum absolute atomic E-state index is 0.646. The molecule has 0 amide bonds. The van der Waals surface area contributed by atoms with Crippen molar-refractivity contribution in [3.05, 3.63) is 0 Å². The van der Waals surface area contributed by atoms with E-state index in [-0.39, 0.29) is 0 Å². The summed E-state index contributed by atoms with van der Waals surface area (Å²) in [5.41, 5.74) is -4.28. The van der Waals surface area contributed by atoms with E-state index >= 15 is 0 Å². The van der Waals surface area contributed by atoms with Crippen LogP contribution in [0.15, 0.2) is 0 Å². The van der Waals surface area contributed by atoms with Gasteiger partial charge in [0.1, 0.15) is 0 Å². The maximum Gasteiger partial charge on any atom is 0.456 e. The molecule has 0 fully saturated rings. The van der Waals surface area contributed by atoms with Crippen molar-refractivity contribution in [2.75, 3.05) is 0 Å². The number of alkyl halides is 3. The van der Waals surface area contributed by atoms with Gasteiger partial charge in [0.2, 0.25) is 0 Å². The van der Waals surface area contributed by atoms with Crippen molar-refractivity contribution < 1.29 is 13.2 Å². The molecule has 0 N–H and O–H groups in total. The van der Waals surface area contributed by atoms with Gasteiger partial charge in [-0.05, 0) is 10.7 Å². The van der Waals surface area contributed by atoms with Gasteiger partial charge < -0.3 is 0 Å². The van der Waals surface area contributed by atoms with Gasteiger partial charge in [-0.2, -0.15) is 13.2 Å². The topological polar surface area (TPSA) is 0 Å². The van der Waals surface area contributed by atoms with Gasteiger partial charge in [-0.25, -0.2) is 0 Å². The Balaban J connectivity index is 3.17. The molecule has 0 aromatic heterocycles. The summed E-state index contributed by atoms with van der Waals surface area (Å²) in [7, 11) is 3.62. The second kappa shape index (κ2) is 1.93. The van der Waals surface area contributed by atoms with Crippen LogP contribution in [0, 0.1) is 0 Å². The summed E-state index contributed by atoms with van der Waals surface area (Å²) in [6.07, 6.45) is 0. The highest BCUT2D eigenvalue weighted by Crippen LogP contribution is 2.32. The first-order valence-electron chi connectivity index (χ1n) is 0.925. The Morgan fingerprint density at radius 1 is 1.33 bits per heavy atom. The molecule has 5 heteroatoms. The van der Waals surface area contributed by atoms with E-state index < -0.39 is 16.5 Å². The molecule has 38 valence electrons. The van der Waals surface area contributed by atoms with Gasteiger partial charge >= 0.3 is 5.51 Å². The first-order chi connectivity index (χ1) is 2.56. The van der Waals surface area contributed by atoms with Crippen molar-refractivity contribution in [3.8, 4) is 0 Å². The first-order valence-corrected chi connectivity index (χ1v) is 2.57. The molecule has 0 bridgehead atoms. The molecular weight excluding hydrogens is 137 g/mol. The zero-order valence-electron chi connectivity index (χ0n) is 2.42. The molecule has 0 saturated carbocycles. The van der Waals surface area contributed by atoms with E-state index in [9.17, 15) is 13.2 Å². The van der Waals surface area contributed by atoms with E-state index in [2.05, 4.69) is 10.7 Å². The van der Waals surface area contributed by atoms with Crippen LogP contribution >= 0.6 is 21.7 Å². The van der Waals surface area contributed by atoms with Crippen LogP contribution in [0.1, 0.15) is 0 Å². The molecular formula is CClF3S. The van der Waals surface area contributed by atoms with Gasteiger partial charge in [-0.15, -0.1) is 0 Å². The molecule has 6 heavy (non-hydrogen) atoms. The molecule has 0 atom stereocenters. The lowest BCUT2D eigenvalue weighted by atomic mass is 11.6. The van der Waals surface area contributed by atoms with Gasteiger partial charge in [0.05, 0.1) is 11.0 Å². The lowest BCUT2D eigenvalue weighted by Gasteiger charge is -1.93. The molecule has 0 saturated heterocycles. The summed E-state index contributed by atoms with van der Waals surface area (Å²) < 4.78 is 31.8. The highest BCUT2D eigenvalue weighted by Gasteiger charge is 2.26. The quantitative estimate of drug-likeness (QED) is 0.493. The summed E-state index contributed by atoms with van der Waals surface area (Å²) in [5, 5.41) is 0. The van der Waals surface area contributed by atoms with Gasteiger partial charge in [-0.1, -0.05) is 0 Å². The van der Waals surface area contributed by atoms with Crippen LogP contribution in [0.2, 0.25) is 0 Å². The Bertz CT molecular complexity index is 40.5. The second-order valence-electron chi connectivity index (χ2n) is 0.523. The lowest BCUT2D eigenvalue weighted by Crippen LogP contribution is -1.93. The van der Waals surface area contributed by atoms with Crippen LogP contribution in [0.3, 0.4) is 0 Å². The molecule has 0 aromatic rings. The average Bonchev–Trinajstić information content (AvgIpc) is 1.35. The third-order valence-corrected chi connectivity index (χ3v) is 0.787. The van der Waals surface area contributed by atoms with Crippen LogP contribution in [-0.2, 0) is 0 Å². The minimum atomic E-state index is -4.28. The number of hydrogen-bond acceptors (Lipinski definition) is 1. The highest BCUT2D eigenvalue weighted by molar-refractivity contribution is 8.21. The smallest absolute Gasteiger partial charge is 0.159 e. The number of hydrogen-bond donors (Lipinski definition) is 0. The normalized spacial score (nSPS) is 12.0. The Hall–Kier alpha value is 0.430. The molecule has 0 rings (SSSR count). The highest BCUT2D eigenvalue weighted by atomic mass is 35.7. The second-order valence-corrected chi connectivity index (χ2v) is 1.60. The van der Waals surface area contributed by atoms with E-state index in [1.165, 1.54) is 0 Å². The van der Waals surface area contributed by atoms with Gasteiger partial charge in [-0.3, -0.25) is 0 Å².